The van der Waals surface area contributed by atoms with Crippen LogP contribution in [0.15, 0.2) is 0 Å². The number of ether oxygens (including phenoxy) is 1. The van der Waals surface area contributed by atoms with Crippen molar-refractivity contribution < 1.29 is 4.74 Å². The number of piperazine rings is 1. The average Bonchev–Trinajstić information content (AvgIpc) is 3.18. The van der Waals surface area contributed by atoms with Gasteiger partial charge in [-0.3, -0.25) is 9.80 Å². The number of morpholine rings is 1. The van der Waals surface area contributed by atoms with Crippen LogP contribution >= 0.6 is 0 Å². The van der Waals surface area contributed by atoms with E-state index in [2.05, 4.69) is 25.1 Å². The van der Waals surface area contributed by atoms with Crippen LogP contribution in [0.25, 0.3) is 0 Å². The Morgan fingerprint density at radius 1 is 0.696 bits per heavy atom. The van der Waals surface area contributed by atoms with Gasteiger partial charge in [-0.2, -0.15) is 0 Å². The monoisotopic (exact) mass is 323 g/mol. The van der Waals surface area contributed by atoms with E-state index >= 15 is 0 Å². The molecule has 1 unspecified atom stereocenters. The van der Waals surface area contributed by atoms with Gasteiger partial charge in [0, 0.05) is 58.9 Å². The minimum Gasteiger partial charge on any atom is -0.375 e. The van der Waals surface area contributed by atoms with Gasteiger partial charge in [-0.15, -0.1) is 0 Å². The lowest BCUT2D eigenvalue weighted by Gasteiger charge is -2.60. The normalized spacial score (nSPS) is 36.5. The Hall–Kier alpha value is -0.240. The zero-order chi connectivity index (χ0) is 15.5. The van der Waals surface area contributed by atoms with Gasteiger partial charge < -0.3 is 10.1 Å². The molecule has 0 aromatic carbocycles. The number of hydrazine groups is 1. The smallest absolute Gasteiger partial charge is 0.168 e. The van der Waals surface area contributed by atoms with Crippen LogP contribution in [-0.4, -0.2) is 97.7 Å². The van der Waals surface area contributed by atoms with Crippen LogP contribution in [0, 0.1) is 0 Å². The first-order valence-electron chi connectivity index (χ1n) is 9.72. The van der Waals surface area contributed by atoms with Crippen molar-refractivity contribution in [2.24, 2.45) is 0 Å². The highest BCUT2D eigenvalue weighted by molar-refractivity contribution is 4.95. The number of likely N-dealkylation sites (tertiary alicyclic amines) is 2. The van der Waals surface area contributed by atoms with Crippen molar-refractivity contribution >= 4 is 0 Å². The van der Waals surface area contributed by atoms with Crippen LogP contribution in [0.4, 0.5) is 0 Å². The summed E-state index contributed by atoms with van der Waals surface area (Å²) < 4.78 is 6.10. The zero-order valence-electron chi connectivity index (χ0n) is 14.5. The molecule has 4 heterocycles. The Balaban J connectivity index is 1.64. The molecule has 4 rings (SSSR count). The molecule has 0 saturated carbocycles. The largest absolute Gasteiger partial charge is 0.375 e. The molecule has 132 valence electrons. The molecule has 4 fully saturated rings. The van der Waals surface area contributed by atoms with Gasteiger partial charge in [-0.05, 0) is 25.7 Å². The Kier molecular flexibility index (Phi) is 5.18. The summed E-state index contributed by atoms with van der Waals surface area (Å²) >= 11 is 0. The van der Waals surface area contributed by atoms with Gasteiger partial charge in [0.15, 0.2) is 5.79 Å². The van der Waals surface area contributed by atoms with Gasteiger partial charge in [0.05, 0.1) is 13.2 Å². The van der Waals surface area contributed by atoms with Crippen molar-refractivity contribution in [3.63, 3.8) is 0 Å². The predicted molar refractivity (Wildman–Crippen MR) is 90.9 cm³/mol. The lowest BCUT2D eigenvalue weighted by Crippen LogP contribution is -2.78. The maximum atomic E-state index is 6.10. The van der Waals surface area contributed by atoms with Crippen molar-refractivity contribution in [2.45, 2.75) is 37.9 Å². The molecule has 23 heavy (non-hydrogen) atoms. The third-order valence-corrected chi connectivity index (χ3v) is 6.07. The molecule has 1 atom stereocenters. The van der Waals surface area contributed by atoms with Crippen LogP contribution in [0.1, 0.15) is 32.1 Å². The summed E-state index contributed by atoms with van der Waals surface area (Å²) in [6, 6.07) is 0. The molecule has 4 aliphatic heterocycles. The van der Waals surface area contributed by atoms with Gasteiger partial charge in [-0.25, -0.2) is 10.0 Å². The summed E-state index contributed by atoms with van der Waals surface area (Å²) in [6.45, 7) is 12.1. The second-order valence-electron chi connectivity index (χ2n) is 7.40. The molecule has 0 radical (unpaired) electrons. The van der Waals surface area contributed by atoms with Crippen LogP contribution in [-0.2, 0) is 4.74 Å². The highest BCUT2D eigenvalue weighted by Crippen LogP contribution is 2.35. The predicted octanol–water partition coefficient (Wildman–Crippen LogP) is 0.374. The minimum atomic E-state index is -0.0213. The van der Waals surface area contributed by atoms with Crippen molar-refractivity contribution in [3.8, 4) is 0 Å². The van der Waals surface area contributed by atoms with Crippen molar-refractivity contribution in [1.82, 2.24) is 25.1 Å². The van der Waals surface area contributed by atoms with Crippen LogP contribution < -0.4 is 5.32 Å². The lowest BCUT2D eigenvalue weighted by molar-refractivity contribution is -0.295. The maximum Gasteiger partial charge on any atom is 0.168 e. The second kappa shape index (κ2) is 7.33. The number of rotatable bonds is 3. The SMILES string of the molecule is C1CCN(C2(N3CCCC3)COCCN2N2CCNCC2)CC1. The summed E-state index contributed by atoms with van der Waals surface area (Å²) in [4.78, 5) is 5.49. The quantitative estimate of drug-likeness (QED) is 0.809. The van der Waals surface area contributed by atoms with E-state index in [1.54, 1.807) is 0 Å². The molecule has 0 spiro atoms. The minimum absolute atomic E-state index is 0.0213. The highest BCUT2D eigenvalue weighted by Gasteiger charge is 2.52. The molecule has 0 aromatic rings. The Morgan fingerprint density at radius 2 is 1.30 bits per heavy atom. The van der Waals surface area contributed by atoms with Crippen LogP contribution in [0.2, 0.25) is 0 Å². The van der Waals surface area contributed by atoms with Gasteiger partial charge in [0.1, 0.15) is 0 Å². The molecule has 6 heteroatoms. The topological polar surface area (TPSA) is 34.2 Å². The van der Waals surface area contributed by atoms with Crippen LogP contribution in [0.3, 0.4) is 0 Å². The van der Waals surface area contributed by atoms with E-state index in [-0.39, 0.29) is 5.79 Å². The number of hydrogen-bond donors (Lipinski definition) is 1. The molecule has 6 nitrogen and oxygen atoms in total. The van der Waals surface area contributed by atoms with E-state index in [9.17, 15) is 0 Å². The molecule has 0 amide bonds. The molecule has 0 bridgehead atoms. The van der Waals surface area contributed by atoms with Crippen molar-refractivity contribution in [1.29, 1.82) is 0 Å². The number of nitrogens with zero attached hydrogens (tertiary/aromatic N) is 4. The fourth-order valence-corrected chi connectivity index (χ4v) is 4.91. The fraction of sp³-hybridized carbons (Fsp3) is 1.00. The molecule has 1 N–H and O–H groups in total. The van der Waals surface area contributed by atoms with E-state index in [1.807, 2.05) is 0 Å². The van der Waals surface area contributed by atoms with Crippen molar-refractivity contribution in [3.05, 3.63) is 0 Å². The third-order valence-electron chi connectivity index (χ3n) is 6.07. The summed E-state index contributed by atoms with van der Waals surface area (Å²) in [6.07, 6.45) is 6.74. The molecule has 4 saturated heterocycles. The number of piperidine rings is 1. The summed E-state index contributed by atoms with van der Waals surface area (Å²) in [7, 11) is 0. The van der Waals surface area contributed by atoms with E-state index in [4.69, 9.17) is 4.74 Å². The van der Waals surface area contributed by atoms with E-state index in [0.717, 1.165) is 45.9 Å². The first kappa shape index (κ1) is 16.2. The summed E-state index contributed by atoms with van der Waals surface area (Å²) in [5.41, 5.74) is 0. The first-order chi connectivity index (χ1) is 11.4. The fourth-order valence-electron chi connectivity index (χ4n) is 4.91. The Morgan fingerprint density at radius 3 is 1.96 bits per heavy atom. The first-order valence-corrected chi connectivity index (χ1v) is 9.72. The average molecular weight is 323 g/mol. The highest BCUT2D eigenvalue weighted by atomic mass is 16.5. The molecule has 0 aromatic heterocycles. The van der Waals surface area contributed by atoms with Crippen LogP contribution in [0.5, 0.6) is 0 Å². The Bertz CT molecular complexity index is 377. The van der Waals surface area contributed by atoms with E-state index < -0.39 is 0 Å². The zero-order valence-corrected chi connectivity index (χ0v) is 14.5. The molecule has 0 aliphatic carbocycles. The summed E-state index contributed by atoms with van der Waals surface area (Å²) in [5, 5.41) is 8.82. The Labute approximate surface area is 140 Å². The summed E-state index contributed by atoms with van der Waals surface area (Å²) in [5.74, 6) is -0.0213. The maximum absolute atomic E-state index is 6.10. The standard InChI is InChI=1S/C17H33N5O/c1-2-8-19(9-3-1)17(20-10-4-5-11-20)16-23-15-14-22(17)21-12-6-18-7-13-21/h18H,1-16H2. The number of hydrogen-bond acceptors (Lipinski definition) is 6. The molecule has 4 aliphatic rings. The third kappa shape index (κ3) is 3.05. The number of nitrogens with one attached hydrogen (secondary N) is 1. The van der Waals surface area contributed by atoms with Gasteiger partial charge in [-0.1, -0.05) is 6.42 Å². The second-order valence-corrected chi connectivity index (χ2v) is 7.40. The molecular weight excluding hydrogens is 290 g/mol. The lowest BCUT2D eigenvalue weighted by atomic mass is 10.1. The van der Waals surface area contributed by atoms with Gasteiger partial charge in [0.2, 0.25) is 0 Å². The van der Waals surface area contributed by atoms with Gasteiger partial charge >= 0.3 is 0 Å². The van der Waals surface area contributed by atoms with E-state index in [0.29, 0.717) is 0 Å². The van der Waals surface area contributed by atoms with E-state index in [1.165, 1.54) is 58.3 Å². The van der Waals surface area contributed by atoms with Crippen molar-refractivity contribution in [2.75, 3.05) is 72.1 Å². The van der Waals surface area contributed by atoms with Gasteiger partial charge in [0.25, 0.3) is 0 Å². The molecular formula is C17H33N5O.